The maximum Gasteiger partial charge on any atom is 0.180 e. The summed E-state index contributed by atoms with van der Waals surface area (Å²) in [6, 6.07) is 0.596. The van der Waals surface area contributed by atoms with Crippen molar-refractivity contribution >= 4 is 17.3 Å². The van der Waals surface area contributed by atoms with Crippen LogP contribution < -0.4 is 16.6 Å². The van der Waals surface area contributed by atoms with Gasteiger partial charge >= 0.3 is 0 Å². The van der Waals surface area contributed by atoms with Crippen molar-refractivity contribution < 1.29 is 0 Å². The highest BCUT2D eigenvalue weighted by molar-refractivity contribution is 7.80. The minimum atomic E-state index is 0.549. The summed E-state index contributed by atoms with van der Waals surface area (Å²) in [5.74, 6) is 4.99. The number of nitrogens with two attached hydrogens (primary N) is 1. The Balaban J connectivity index is 2.07. The quantitative estimate of drug-likeness (QED) is 0.255. The van der Waals surface area contributed by atoms with Gasteiger partial charge in [0.25, 0.3) is 0 Å². The van der Waals surface area contributed by atoms with Gasteiger partial charge in [0, 0.05) is 6.04 Å². The molecule has 4 N–H and O–H groups in total. The first-order valence-electron chi connectivity index (χ1n) is 2.60. The Morgan fingerprint density at radius 2 is 2.25 bits per heavy atom. The van der Waals surface area contributed by atoms with E-state index in [2.05, 4.69) is 10.7 Å². The van der Waals surface area contributed by atoms with Crippen molar-refractivity contribution in [2.45, 2.75) is 18.9 Å². The second-order valence-electron chi connectivity index (χ2n) is 1.89. The average Bonchev–Trinajstić information content (AvgIpc) is 2.50. The standard InChI is InChI=1S/C4H9N3S/c5-7-4(8)6-3-1-2-3/h3H,1-2,5H2,(H2,6,7,8). The zero-order chi connectivity index (χ0) is 5.98. The van der Waals surface area contributed by atoms with E-state index >= 15 is 0 Å². The lowest BCUT2D eigenvalue weighted by atomic mass is 10.7. The van der Waals surface area contributed by atoms with Gasteiger partial charge in [-0.3, -0.25) is 0 Å². The smallest absolute Gasteiger partial charge is 0.180 e. The molecule has 0 aliphatic heterocycles. The molecule has 4 heteroatoms. The molecule has 0 aromatic rings. The van der Waals surface area contributed by atoms with Crippen molar-refractivity contribution in [3.63, 3.8) is 0 Å². The minimum absolute atomic E-state index is 0.549. The fraction of sp³-hybridized carbons (Fsp3) is 0.750. The van der Waals surface area contributed by atoms with E-state index in [1.807, 2.05) is 0 Å². The van der Waals surface area contributed by atoms with E-state index in [4.69, 9.17) is 18.1 Å². The Morgan fingerprint density at radius 3 is 2.62 bits per heavy atom. The molecule has 0 radical (unpaired) electrons. The first-order valence-corrected chi connectivity index (χ1v) is 3.01. The second-order valence-corrected chi connectivity index (χ2v) is 2.30. The predicted octanol–water partition coefficient (Wildman–Crippen LogP) is -0.513. The van der Waals surface area contributed by atoms with Gasteiger partial charge in [0.2, 0.25) is 0 Å². The molecular weight excluding hydrogens is 122 g/mol. The van der Waals surface area contributed by atoms with Crippen molar-refractivity contribution in [1.82, 2.24) is 10.7 Å². The second kappa shape index (κ2) is 2.28. The molecule has 0 heterocycles. The summed E-state index contributed by atoms with van der Waals surface area (Å²) < 4.78 is 0. The highest BCUT2D eigenvalue weighted by Gasteiger charge is 2.21. The third-order valence-electron chi connectivity index (χ3n) is 1.04. The Labute approximate surface area is 53.6 Å². The Kier molecular flexibility index (Phi) is 1.65. The summed E-state index contributed by atoms with van der Waals surface area (Å²) in [6.07, 6.45) is 2.45. The van der Waals surface area contributed by atoms with Crippen molar-refractivity contribution in [2.24, 2.45) is 5.84 Å². The molecule has 1 fully saturated rings. The monoisotopic (exact) mass is 131 g/mol. The van der Waals surface area contributed by atoms with E-state index in [0.29, 0.717) is 11.2 Å². The molecule has 1 saturated carbocycles. The average molecular weight is 131 g/mol. The van der Waals surface area contributed by atoms with E-state index in [0.717, 1.165) is 0 Å². The van der Waals surface area contributed by atoms with Crippen LogP contribution in [0, 0.1) is 0 Å². The molecule has 0 aromatic heterocycles. The van der Waals surface area contributed by atoms with Crippen molar-refractivity contribution in [3.05, 3.63) is 0 Å². The van der Waals surface area contributed by atoms with Crippen LogP contribution in [-0.2, 0) is 0 Å². The van der Waals surface area contributed by atoms with Crippen molar-refractivity contribution in [3.8, 4) is 0 Å². The van der Waals surface area contributed by atoms with Crippen LogP contribution in [0.15, 0.2) is 0 Å². The number of nitrogens with one attached hydrogen (secondary N) is 2. The van der Waals surface area contributed by atoms with Crippen LogP contribution >= 0.6 is 12.2 Å². The summed E-state index contributed by atoms with van der Waals surface area (Å²) in [5, 5.41) is 3.55. The number of hydrazine groups is 1. The molecule has 46 valence electrons. The highest BCUT2D eigenvalue weighted by Crippen LogP contribution is 2.17. The number of thiocarbonyl (C=S) groups is 1. The normalized spacial score (nSPS) is 17.6. The van der Waals surface area contributed by atoms with E-state index in [1.54, 1.807) is 0 Å². The van der Waals surface area contributed by atoms with Crippen molar-refractivity contribution in [1.29, 1.82) is 0 Å². The molecule has 1 aliphatic rings. The number of hydrogen-bond acceptors (Lipinski definition) is 2. The Morgan fingerprint density at radius 1 is 1.62 bits per heavy atom. The van der Waals surface area contributed by atoms with Gasteiger partial charge in [-0.2, -0.15) is 0 Å². The minimum Gasteiger partial charge on any atom is -0.359 e. The largest absolute Gasteiger partial charge is 0.359 e. The maximum absolute atomic E-state index is 4.99. The molecule has 1 aliphatic carbocycles. The summed E-state index contributed by atoms with van der Waals surface area (Å²) in [7, 11) is 0. The zero-order valence-electron chi connectivity index (χ0n) is 4.48. The van der Waals surface area contributed by atoms with E-state index in [-0.39, 0.29) is 0 Å². The topological polar surface area (TPSA) is 50.1 Å². The molecule has 1 rings (SSSR count). The van der Waals surface area contributed by atoms with Crippen LogP contribution in [0.4, 0.5) is 0 Å². The van der Waals surface area contributed by atoms with Crippen LogP contribution in [0.2, 0.25) is 0 Å². The van der Waals surface area contributed by atoms with Crippen LogP contribution in [0.1, 0.15) is 12.8 Å². The van der Waals surface area contributed by atoms with Gasteiger partial charge in [-0.15, -0.1) is 0 Å². The first kappa shape index (κ1) is 5.78. The van der Waals surface area contributed by atoms with Gasteiger partial charge in [-0.05, 0) is 25.1 Å². The Hall–Kier alpha value is -0.350. The number of hydrogen-bond donors (Lipinski definition) is 3. The van der Waals surface area contributed by atoms with Crippen LogP contribution in [0.3, 0.4) is 0 Å². The summed E-state index contributed by atoms with van der Waals surface area (Å²) in [6.45, 7) is 0. The molecule has 0 aromatic carbocycles. The van der Waals surface area contributed by atoms with Crippen molar-refractivity contribution in [2.75, 3.05) is 0 Å². The lowest BCUT2D eigenvalue weighted by molar-refractivity contribution is 0.861. The molecule has 0 spiro atoms. The van der Waals surface area contributed by atoms with E-state index < -0.39 is 0 Å². The SMILES string of the molecule is NNC(=S)NC1CC1. The summed E-state index contributed by atoms with van der Waals surface area (Å²) in [5.41, 5.74) is 2.36. The molecular formula is C4H9N3S. The van der Waals surface area contributed by atoms with E-state index in [1.165, 1.54) is 12.8 Å². The zero-order valence-corrected chi connectivity index (χ0v) is 5.29. The molecule has 0 saturated heterocycles. The fourth-order valence-corrected chi connectivity index (χ4v) is 0.621. The summed E-state index contributed by atoms with van der Waals surface area (Å²) in [4.78, 5) is 0. The van der Waals surface area contributed by atoms with Gasteiger partial charge in [0.05, 0.1) is 0 Å². The van der Waals surface area contributed by atoms with Gasteiger partial charge in [0.15, 0.2) is 5.11 Å². The van der Waals surface area contributed by atoms with Crippen LogP contribution in [0.25, 0.3) is 0 Å². The van der Waals surface area contributed by atoms with Crippen LogP contribution in [-0.4, -0.2) is 11.2 Å². The van der Waals surface area contributed by atoms with Gasteiger partial charge in [-0.25, -0.2) is 5.84 Å². The summed E-state index contributed by atoms with van der Waals surface area (Å²) >= 11 is 4.72. The molecule has 0 amide bonds. The van der Waals surface area contributed by atoms with Gasteiger partial charge in [0.1, 0.15) is 0 Å². The number of rotatable bonds is 1. The molecule has 0 atom stereocenters. The van der Waals surface area contributed by atoms with Gasteiger partial charge in [-0.1, -0.05) is 0 Å². The lowest BCUT2D eigenvalue weighted by Gasteiger charge is -2.02. The first-order chi connectivity index (χ1) is 3.83. The predicted molar refractivity (Wildman–Crippen MR) is 36.1 cm³/mol. The fourth-order valence-electron chi connectivity index (χ4n) is 0.455. The maximum atomic E-state index is 4.99. The van der Waals surface area contributed by atoms with Crippen LogP contribution in [0.5, 0.6) is 0 Å². The highest BCUT2D eigenvalue weighted by atomic mass is 32.1. The molecule has 0 unspecified atom stereocenters. The third kappa shape index (κ3) is 1.63. The molecule has 0 bridgehead atoms. The lowest BCUT2D eigenvalue weighted by Crippen LogP contribution is -2.40. The van der Waals surface area contributed by atoms with E-state index in [9.17, 15) is 0 Å². The third-order valence-corrected chi connectivity index (χ3v) is 1.28. The van der Waals surface area contributed by atoms with Gasteiger partial charge < -0.3 is 10.7 Å². The Bertz CT molecular complexity index is 99.5. The molecule has 3 nitrogen and oxygen atoms in total. The molecule has 8 heavy (non-hydrogen) atoms.